The first-order valence-electron chi connectivity index (χ1n) is 16.8. The molecule has 2 N–H and O–H groups in total. The number of anilines is 4. The fourth-order valence-electron chi connectivity index (χ4n) is 5.72. The van der Waals surface area contributed by atoms with E-state index in [9.17, 15) is 0 Å². The van der Waals surface area contributed by atoms with Crippen LogP contribution in [0.1, 0.15) is 22.5 Å². The first-order valence-corrected chi connectivity index (χ1v) is 18.4. The van der Waals surface area contributed by atoms with Crippen LogP contribution in [0.4, 0.5) is 22.7 Å². The number of nitrogens with zero attached hydrogens (tertiary/aromatic N) is 4. The van der Waals surface area contributed by atoms with Crippen LogP contribution in [0.5, 0.6) is 0 Å². The molecule has 6 nitrogen and oxygen atoms in total. The molecule has 8 rings (SSSR count). The summed E-state index contributed by atoms with van der Waals surface area (Å²) < 4.78 is 0. The van der Waals surface area contributed by atoms with E-state index >= 15 is 0 Å². The molecule has 0 amide bonds. The summed E-state index contributed by atoms with van der Waals surface area (Å²) in [6, 6.07) is 45.6. The summed E-state index contributed by atoms with van der Waals surface area (Å²) in [4.78, 5) is 22.8. The molecule has 8 aromatic rings. The molecule has 8 heteroatoms. The second kappa shape index (κ2) is 15.0. The highest BCUT2D eigenvalue weighted by Crippen LogP contribution is 2.38. The molecule has 4 aromatic carbocycles. The Kier molecular flexibility index (Phi) is 9.53. The lowest BCUT2D eigenvalue weighted by Gasteiger charge is -2.15. The van der Waals surface area contributed by atoms with Gasteiger partial charge in [-0.3, -0.25) is 0 Å². The lowest BCUT2D eigenvalue weighted by molar-refractivity contribution is 1.20. The molecular weight excluding hydrogens is 677 g/mol. The second-order valence-electron chi connectivity index (χ2n) is 12.1. The Morgan fingerprint density at radius 2 is 0.904 bits per heavy atom. The van der Waals surface area contributed by atoms with Crippen molar-refractivity contribution in [1.82, 2.24) is 19.9 Å². The first-order chi connectivity index (χ1) is 25.5. The summed E-state index contributed by atoms with van der Waals surface area (Å²) in [7, 11) is 0. The summed E-state index contributed by atoms with van der Waals surface area (Å²) in [5, 5.41) is 9.29. The van der Waals surface area contributed by atoms with Crippen LogP contribution in [-0.2, 0) is 0 Å². The van der Waals surface area contributed by atoms with E-state index in [2.05, 4.69) is 139 Å². The van der Waals surface area contributed by atoms with Gasteiger partial charge in [0.1, 0.15) is 0 Å². The van der Waals surface area contributed by atoms with Crippen molar-refractivity contribution < 1.29 is 0 Å². The lowest BCUT2D eigenvalue weighted by Crippen LogP contribution is -1.97. The molecule has 0 spiro atoms. The second-order valence-corrected chi connectivity index (χ2v) is 14.3. The van der Waals surface area contributed by atoms with E-state index in [4.69, 9.17) is 0 Å². The summed E-state index contributed by atoms with van der Waals surface area (Å²) in [6.07, 6.45) is 3.59. The van der Waals surface area contributed by atoms with Gasteiger partial charge in [-0.05, 0) is 111 Å². The van der Waals surface area contributed by atoms with E-state index in [-0.39, 0.29) is 0 Å². The van der Waals surface area contributed by atoms with Crippen molar-refractivity contribution >= 4 is 68.3 Å². The van der Waals surface area contributed by atoms with Crippen LogP contribution < -0.4 is 10.6 Å². The normalized spacial score (nSPS) is 10.9. The summed E-state index contributed by atoms with van der Waals surface area (Å²) in [6.45, 7) is 3.96. The summed E-state index contributed by atoms with van der Waals surface area (Å²) >= 11 is 3.42. The molecule has 0 aliphatic rings. The number of hydrogen-bond donors (Lipinski definition) is 2. The molecule has 0 bridgehead atoms. The fourth-order valence-corrected chi connectivity index (χ4v) is 7.53. The minimum Gasteiger partial charge on any atom is -0.354 e. The predicted octanol–water partition coefficient (Wildman–Crippen LogP) is 11.4. The molecular formula is C44H32N6S2. The first kappa shape index (κ1) is 33.0. The lowest BCUT2D eigenvalue weighted by atomic mass is 10.1. The van der Waals surface area contributed by atoms with Crippen LogP contribution in [0.2, 0.25) is 0 Å². The van der Waals surface area contributed by atoms with Gasteiger partial charge in [0.25, 0.3) is 0 Å². The summed E-state index contributed by atoms with van der Waals surface area (Å²) in [5.41, 5.74) is 8.87. The Balaban J connectivity index is 1.15. The van der Waals surface area contributed by atoms with Crippen LogP contribution in [0, 0.1) is 25.7 Å². The van der Waals surface area contributed by atoms with Gasteiger partial charge >= 0.3 is 0 Å². The molecule has 0 unspecified atom stereocenters. The minimum atomic E-state index is 0.711. The van der Waals surface area contributed by atoms with Crippen LogP contribution >= 0.6 is 23.5 Å². The molecule has 0 radical (unpaired) electrons. The van der Waals surface area contributed by atoms with Gasteiger partial charge in [0.05, 0.1) is 22.7 Å². The van der Waals surface area contributed by atoms with Gasteiger partial charge in [-0.15, -0.1) is 0 Å². The van der Waals surface area contributed by atoms with Crippen molar-refractivity contribution in [3.8, 4) is 11.8 Å². The zero-order valence-corrected chi connectivity index (χ0v) is 30.1. The molecule has 52 heavy (non-hydrogen) atoms. The molecule has 0 saturated heterocycles. The smallest absolute Gasteiger partial charge is 0.161 e. The monoisotopic (exact) mass is 708 g/mol. The Morgan fingerprint density at radius 3 is 1.35 bits per heavy atom. The average molecular weight is 709 g/mol. The van der Waals surface area contributed by atoms with Crippen LogP contribution in [-0.4, -0.2) is 19.9 Å². The van der Waals surface area contributed by atoms with Gasteiger partial charge in [-0.25, -0.2) is 19.9 Å². The Bertz CT molecular complexity index is 2440. The Morgan fingerprint density at radius 1 is 0.462 bits per heavy atom. The average Bonchev–Trinajstić information content (AvgIpc) is 3.16. The molecule has 0 aliphatic carbocycles. The predicted molar refractivity (Wildman–Crippen MR) is 215 cm³/mol. The molecule has 0 aliphatic heterocycles. The van der Waals surface area contributed by atoms with Crippen molar-refractivity contribution in [3.05, 3.63) is 168 Å². The van der Waals surface area contributed by atoms with Crippen molar-refractivity contribution in [2.75, 3.05) is 10.6 Å². The third-order valence-corrected chi connectivity index (χ3v) is 10.4. The number of pyridine rings is 4. The maximum absolute atomic E-state index is 4.64. The van der Waals surface area contributed by atoms with E-state index in [0.29, 0.717) is 11.3 Å². The third-order valence-electron chi connectivity index (χ3n) is 8.28. The third kappa shape index (κ3) is 7.62. The number of rotatable bonds is 8. The Labute approximate surface area is 311 Å². The highest BCUT2D eigenvalue weighted by molar-refractivity contribution is 7.99. The van der Waals surface area contributed by atoms with E-state index in [1.165, 1.54) is 0 Å². The zero-order valence-electron chi connectivity index (χ0n) is 28.5. The minimum absolute atomic E-state index is 0.711. The van der Waals surface area contributed by atoms with E-state index in [0.717, 1.165) is 75.6 Å². The standard InChI is InChI=1S/C44H32N6S2/c1-29-13-19-35-37(23-25-45-43(35)47-29)49-39-27-31(17-21-41(39)51-33-9-5-3-6-10-33)15-16-32-18-22-42(52-34-11-7-4-8-12-34)40(28-32)50-38-24-26-46-44-36(38)20-14-30(2)48-44/h3-14,17-28H,1-2H3,(H,45,47,49)(H,46,48,50). The largest absolute Gasteiger partial charge is 0.354 e. The van der Waals surface area contributed by atoms with Crippen molar-refractivity contribution in [2.45, 2.75) is 33.4 Å². The fraction of sp³-hybridized carbons (Fsp3) is 0.0455. The van der Waals surface area contributed by atoms with E-state index in [1.54, 1.807) is 35.9 Å². The molecule has 4 aromatic heterocycles. The van der Waals surface area contributed by atoms with Gasteiger partial charge < -0.3 is 10.6 Å². The molecule has 250 valence electrons. The van der Waals surface area contributed by atoms with Gasteiger partial charge in [0, 0.05) is 65.3 Å². The van der Waals surface area contributed by atoms with Gasteiger partial charge in [-0.1, -0.05) is 71.8 Å². The van der Waals surface area contributed by atoms with E-state index < -0.39 is 0 Å². The highest BCUT2D eigenvalue weighted by Gasteiger charge is 2.12. The topological polar surface area (TPSA) is 75.6 Å². The molecule has 0 fully saturated rings. The number of nitrogens with one attached hydrogen (secondary N) is 2. The summed E-state index contributed by atoms with van der Waals surface area (Å²) in [5.74, 6) is 6.88. The zero-order chi connectivity index (χ0) is 35.3. The maximum Gasteiger partial charge on any atom is 0.161 e. The number of fused-ring (bicyclic) bond motifs is 2. The van der Waals surface area contributed by atoms with Gasteiger partial charge in [0.2, 0.25) is 0 Å². The highest BCUT2D eigenvalue weighted by atomic mass is 32.2. The molecule has 4 heterocycles. The van der Waals surface area contributed by atoms with Gasteiger partial charge in [-0.2, -0.15) is 0 Å². The van der Waals surface area contributed by atoms with Crippen molar-refractivity contribution in [3.63, 3.8) is 0 Å². The van der Waals surface area contributed by atoms with Crippen LogP contribution in [0.3, 0.4) is 0 Å². The molecule has 0 atom stereocenters. The van der Waals surface area contributed by atoms with Crippen LogP contribution in [0.15, 0.2) is 165 Å². The van der Waals surface area contributed by atoms with Crippen molar-refractivity contribution in [2.24, 2.45) is 0 Å². The number of benzene rings is 4. The van der Waals surface area contributed by atoms with Gasteiger partial charge in [0.15, 0.2) is 11.3 Å². The Hall–Kier alpha value is -6.14. The number of aryl methyl sites for hydroxylation is 2. The van der Waals surface area contributed by atoms with Crippen molar-refractivity contribution in [1.29, 1.82) is 0 Å². The van der Waals surface area contributed by atoms with E-state index in [1.807, 2.05) is 50.2 Å². The SMILES string of the molecule is Cc1ccc2c(Nc3cc(C#Cc4ccc(Sc5ccccc5)c(Nc5ccnc6nc(C)ccc56)c4)ccc3Sc3ccccc3)ccnc2n1. The number of hydrogen-bond acceptors (Lipinski definition) is 8. The van der Waals surface area contributed by atoms with Crippen LogP contribution in [0.25, 0.3) is 22.1 Å². The number of aromatic nitrogens is 4. The molecule has 0 saturated carbocycles. The maximum atomic E-state index is 4.64. The quantitative estimate of drug-likeness (QED) is 0.151.